The Bertz CT molecular complexity index is 127. The molecule has 0 saturated carbocycles. The Morgan fingerprint density at radius 3 is 2.27 bits per heavy atom. The fraction of sp³-hybridized carbons (Fsp3) is 0.875. The smallest absolute Gasteiger partial charge is 0.277 e. The van der Waals surface area contributed by atoms with Gasteiger partial charge in [0.2, 0.25) is 0 Å². The molecule has 0 amide bonds. The molecule has 66 valence electrons. The molecular formula is C8H18NO2+. The van der Waals surface area contributed by atoms with Gasteiger partial charge in [0.1, 0.15) is 21.1 Å². The summed E-state index contributed by atoms with van der Waals surface area (Å²) in [5, 5.41) is 0. The average Bonchev–Trinajstić information content (AvgIpc) is 1.79. The molecule has 0 unspecified atom stereocenters. The first kappa shape index (κ1) is 10.4. The highest BCUT2D eigenvalue weighted by molar-refractivity contribution is 5.68. The normalized spacial score (nSPS) is 11.3. The monoisotopic (exact) mass is 160 g/mol. The van der Waals surface area contributed by atoms with E-state index in [1.54, 1.807) is 0 Å². The molecule has 0 aliphatic carbocycles. The van der Waals surface area contributed by atoms with Crippen molar-refractivity contribution in [2.24, 2.45) is 0 Å². The van der Waals surface area contributed by atoms with E-state index in [-0.39, 0.29) is 10.6 Å². The summed E-state index contributed by atoms with van der Waals surface area (Å²) in [5.74, 6) is -0.112. The van der Waals surface area contributed by atoms with Gasteiger partial charge in [-0.3, -0.25) is 4.84 Å². The maximum absolute atomic E-state index is 11.0. The average molecular weight is 160 g/mol. The molecule has 11 heavy (non-hydrogen) atoms. The van der Waals surface area contributed by atoms with Crippen LogP contribution in [0, 0.1) is 0 Å². The van der Waals surface area contributed by atoms with E-state index in [0.717, 1.165) is 12.8 Å². The van der Waals surface area contributed by atoms with Gasteiger partial charge < -0.3 is 0 Å². The van der Waals surface area contributed by atoms with E-state index in [1.807, 2.05) is 21.1 Å². The van der Waals surface area contributed by atoms with E-state index in [0.29, 0.717) is 6.42 Å². The van der Waals surface area contributed by atoms with Crippen molar-refractivity contribution in [3.63, 3.8) is 0 Å². The second kappa shape index (κ2) is 4.34. The molecule has 0 aromatic heterocycles. The molecule has 0 aliphatic rings. The molecule has 0 aliphatic heterocycles. The van der Waals surface area contributed by atoms with Crippen molar-refractivity contribution in [2.75, 3.05) is 21.1 Å². The number of hydroxylamine groups is 3. The fourth-order valence-electron chi connectivity index (χ4n) is 0.672. The molecule has 0 saturated heterocycles. The standard InChI is InChI=1S/C8H18NO2/c1-5-6-7-8(10)11-9(2,3)4/h5-7H2,1-4H3/q+1. The fourth-order valence-corrected chi connectivity index (χ4v) is 0.672. The van der Waals surface area contributed by atoms with Crippen molar-refractivity contribution in [3.8, 4) is 0 Å². The molecule has 0 rings (SSSR count). The van der Waals surface area contributed by atoms with Crippen molar-refractivity contribution in [1.29, 1.82) is 0 Å². The lowest BCUT2D eigenvalue weighted by Crippen LogP contribution is -2.36. The van der Waals surface area contributed by atoms with Gasteiger partial charge in [-0.25, -0.2) is 4.79 Å². The van der Waals surface area contributed by atoms with Crippen LogP contribution in [0.15, 0.2) is 0 Å². The van der Waals surface area contributed by atoms with Crippen LogP contribution in [0.1, 0.15) is 26.2 Å². The number of quaternary nitrogens is 1. The van der Waals surface area contributed by atoms with Crippen LogP contribution in [-0.4, -0.2) is 31.8 Å². The highest BCUT2D eigenvalue weighted by Gasteiger charge is 2.14. The van der Waals surface area contributed by atoms with Gasteiger partial charge in [0.15, 0.2) is 0 Å². The molecule has 0 N–H and O–H groups in total. The maximum atomic E-state index is 11.0. The zero-order chi connectivity index (χ0) is 8.91. The predicted molar refractivity (Wildman–Crippen MR) is 43.6 cm³/mol. The highest BCUT2D eigenvalue weighted by Crippen LogP contribution is 2.00. The molecule has 0 heterocycles. The molecule has 3 nitrogen and oxygen atoms in total. The Hall–Kier alpha value is -0.570. The summed E-state index contributed by atoms with van der Waals surface area (Å²) in [7, 11) is 5.47. The van der Waals surface area contributed by atoms with Gasteiger partial charge in [-0.1, -0.05) is 13.3 Å². The molecule has 0 bridgehead atoms. The number of unbranched alkanes of at least 4 members (excludes halogenated alkanes) is 1. The number of hydrogen-bond donors (Lipinski definition) is 0. The Balaban J connectivity index is 3.53. The third-order valence-corrected chi connectivity index (χ3v) is 1.11. The molecule has 0 aromatic rings. The third kappa shape index (κ3) is 7.33. The molecule has 3 heteroatoms. The summed E-state index contributed by atoms with van der Waals surface area (Å²) < 4.78 is 0.253. The van der Waals surface area contributed by atoms with E-state index >= 15 is 0 Å². The first-order valence-electron chi connectivity index (χ1n) is 3.99. The van der Waals surface area contributed by atoms with Gasteiger partial charge in [-0.2, -0.15) is 0 Å². The van der Waals surface area contributed by atoms with Gasteiger partial charge in [0, 0.05) is 0 Å². The summed E-state index contributed by atoms with van der Waals surface area (Å²) in [6.07, 6.45) is 2.48. The van der Waals surface area contributed by atoms with Crippen molar-refractivity contribution in [2.45, 2.75) is 26.2 Å². The zero-order valence-electron chi connectivity index (χ0n) is 7.89. The first-order chi connectivity index (χ1) is 4.95. The Labute approximate surface area is 68.5 Å². The molecule has 0 aromatic carbocycles. The number of rotatable bonds is 4. The second-order valence-corrected chi connectivity index (χ2v) is 3.46. The molecule has 0 radical (unpaired) electrons. The summed E-state index contributed by atoms with van der Waals surface area (Å²) in [4.78, 5) is 16.0. The van der Waals surface area contributed by atoms with E-state index in [9.17, 15) is 4.79 Å². The van der Waals surface area contributed by atoms with Crippen LogP contribution in [-0.2, 0) is 9.63 Å². The largest absolute Gasteiger partial charge is 0.366 e. The van der Waals surface area contributed by atoms with Crippen LogP contribution in [0.3, 0.4) is 0 Å². The van der Waals surface area contributed by atoms with Gasteiger partial charge in [0.05, 0.1) is 6.42 Å². The van der Waals surface area contributed by atoms with E-state index in [1.165, 1.54) is 0 Å². The van der Waals surface area contributed by atoms with Gasteiger partial charge in [0.25, 0.3) is 0 Å². The van der Waals surface area contributed by atoms with Crippen molar-refractivity contribution >= 4 is 5.97 Å². The molecule has 0 atom stereocenters. The van der Waals surface area contributed by atoms with Crippen molar-refractivity contribution in [3.05, 3.63) is 0 Å². The summed E-state index contributed by atoms with van der Waals surface area (Å²) in [6, 6.07) is 0. The van der Waals surface area contributed by atoms with Crippen LogP contribution in [0.2, 0.25) is 0 Å². The van der Waals surface area contributed by atoms with Crippen LogP contribution < -0.4 is 0 Å². The van der Waals surface area contributed by atoms with Gasteiger partial charge >= 0.3 is 5.97 Å². The quantitative estimate of drug-likeness (QED) is 0.458. The molecule has 0 fully saturated rings. The SMILES string of the molecule is CCCCC(=O)O[N+](C)(C)C. The van der Waals surface area contributed by atoms with Gasteiger partial charge in [-0.15, -0.1) is 4.65 Å². The lowest BCUT2D eigenvalue weighted by atomic mass is 10.3. The maximum Gasteiger partial charge on any atom is 0.366 e. The molecular weight excluding hydrogens is 142 g/mol. The highest BCUT2D eigenvalue weighted by atomic mass is 16.7. The summed E-state index contributed by atoms with van der Waals surface area (Å²) in [6.45, 7) is 2.05. The number of carbonyl (C=O) groups is 1. The van der Waals surface area contributed by atoms with E-state index in [2.05, 4.69) is 6.92 Å². The van der Waals surface area contributed by atoms with Crippen molar-refractivity contribution < 1.29 is 14.3 Å². The number of nitrogens with zero attached hydrogens (tertiary/aromatic N) is 1. The van der Waals surface area contributed by atoms with Crippen LogP contribution in [0.4, 0.5) is 0 Å². The Morgan fingerprint density at radius 2 is 1.91 bits per heavy atom. The molecule has 0 spiro atoms. The minimum atomic E-state index is -0.112. The lowest BCUT2D eigenvalue weighted by molar-refractivity contribution is -1.04. The van der Waals surface area contributed by atoms with E-state index < -0.39 is 0 Å². The minimum Gasteiger partial charge on any atom is -0.277 e. The predicted octanol–water partition coefficient (Wildman–Crippen LogP) is 1.34. The van der Waals surface area contributed by atoms with Gasteiger partial charge in [-0.05, 0) is 6.42 Å². The Kier molecular flexibility index (Phi) is 4.11. The summed E-state index contributed by atoms with van der Waals surface area (Å²) in [5.41, 5.74) is 0. The van der Waals surface area contributed by atoms with Crippen LogP contribution >= 0.6 is 0 Å². The topological polar surface area (TPSA) is 26.3 Å². The first-order valence-corrected chi connectivity index (χ1v) is 3.99. The summed E-state index contributed by atoms with van der Waals surface area (Å²) >= 11 is 0. The Morgan fingerprint density at radius 1 is 1.36 bits per heavy atom. The number of carbonyl (C=O) groups excluding carboxylic acids is 1. The minimum absolute atomic E-state index is 0.112. The third-order valence-electron chi connectivity index (χ3n) is 1.11. The van der Waals surface area contributed by atoms with Crippen LogP contribution in [0.5, 0.6) is 0 Å². The van der Waals surface area contributed by atoms with E-state index in [4.69, 9.17) is 4.84 Å². The van der Waals surface area contributed by atoms with Crippen LogP contribution in [0.25, 0.3) is 0 Å². The second-order valence-electron chi connectivity index (χ2n) is 3.46. The zero-order valence-corrected chi connectivity index (χ0v) is 7.89. The van der Waals surface area contributed by atoms with Crippen molar-refractivity contribution in [1.82, 2.24) is 0 Å². The lowest BCUT2D eigenvalue weighted by Gasteiger charge is -2.20. The number of hydrogen-bond acceptors (Lipinski definition) is 2.